The Balaban J connectivity index is 1.39. The molecule has 0 N–H and O–H groups in total. The van der Waals surface area contributed by atoms with Crippen LogP contribution in [-0.2, 0) is 13.0 Å². The molecule has 0 amide bonds. The number of benzene rings is 2. The first-order valence-corrected chi connectivity index (χ1v) is 11.5. The van der Waals surface area contributed by atoms with E-state index in [0.717, 1.165) is 46.4 Å². The van der Waals surface area contributed by atoms with Crippen LogP contribution in [0, 0.1) is 6.92 Å². The van der Waals surface area contributed by atoms with Crippen molar-refractivity contribution in [3.8, 4) is 11.5 Å². The molecule has 0 fully saturated rings. The number of halogens is 1. The smallest absolute Gasteiger partial charge is 0.231 e. The molecule has 0 aliphatic carbocycles. The summed E-state index contributed by atoms with van der Waals surface area (Å²) in [5, 5.41) is 2.11. The molecule has 0 radical (unpaired) electrons. The first-order valence-electron chi connectivity index (χ1n) is 9.82. The summed E-state index contributed by atoms with van der Waals surface area (Å²) < 4.78 is 13.0. The van der Waals surface area contributed by atoms with E-state index in [4.69, 9.17) is 9.47 Å². The fourth-order valence-corrected chi connectivity index (χ4v) is 5.03. The number of nitrogens with zero attached hydrogens (tertiary/aromatic N) is 1. The van der Waals surface area contributed by atoms with E-state index in [0.29, 0.717) is 23.8 Å². The Labute approximate surface area is 187 Å². The minimum Gasteiger partial charge on any atom is -0.477 e. The lowest BCUT2D eigenvalue weighted by Crippen LogP contribution is -2.34. The molecule has 2 aliphatic heterocycles. The highest BCUT2D eigenvalue weighted by molar-refractivity contribution is 9.10. The Hall–Kier alpha value is -2.41. The van der Waals surface area contributed by atoms with Gasteiger partial charge in [0.25, 0.3) is 0 Å². The van der Waals surface area contributed by atoms with Crippen LogP contribution in [0.5, 0.6) is 11.5 Å². The Morgan fingerprint density at radius 3 is 2.90 bits per heavy atom. The zero-order chi connectivity index (χ0) is 20.7. The molecule has 0 saturated heterocycles. The summed E-state index contributed by atoms with van der Waals surface area (Å²) >= 11 is 5.25. The quantitative estimate of drug-likeness (QED) is 0.439. The average Bonchev–Trinajstić information content (AvgIpc) is 3.36. The summed E-state index contributed by atoms with van der Waals surface area (Å²) in [5.74, 6) is 1.74. The van der Waals surface area contributed by atoms with E-state index in [9.17, 15) is 4.79 Å². The summed E-state index contributed by atoms with van der Waals surface area (Å²) in [6.07, 6.45) is 2.79. The minimum absolute atomic E-state index is 0.0772. The molecule has 152 valence electrons. The molecule has 0 bridgehead atoms. The number of ether oxygens (including phenoxy) is 2. The lowest BCUT2D eigenvalue weighted by molar-refractivity contribution is 0.0956. The van der Waals surface area contributed by atoms with Gasteiger partial charge in [-0.05, 0) is 54.6 Å². The second kappa shape index (κ2) is 8.02. The number of fused-ring (bicyclic) bond motifs is 2. The normalized spacial score (nSPS) is 16.9. The van der Waals surface area contributed by atoms with E-state index in [-0.39, 0.29) is 5.78 Å². The van der Waals surface area contributed by atoms with Crippen LogP contribution in [0.1, 0.15) is 31.9 Å². The molecule has 0 spiro atoms. The van der Waals surface area contributed by atoms with E-state index in [2.05, 4.69) is 38.3 Å². The molecule has 2 aliphatic rings. The number of carbonyl (C=O) groups is 1. The third-order valence-electron chi connectivity index (χ3n) is 5.40. The van der Waals surface area contributed by atoms with E-state index in [1.807, 2.05) is 37.3 Å². The number of carbonyl (C=O) groups excluding carboxylic acids is 1. The number of hydrogen-bond acceptors (Lipinski definition) is 5. The molecule has 0 atom stereocenters. The summed E-state index contributed by atoms with van der Waals surface area (Å²) in [4.78, 5) is 16.7. The van der Waals surface area contributed by atoms with Crippen molar-refractivity contribution in [2.45, 2.75) is 19.9 Å². The van der Waals surface area contributed by atoms with Gasteiger partial charge in [0.2, 0.25) is 5.78 Å². The molecule has 5 rings (SSSR count). The molecule has 4 nitrogen and oxygen atoms in total. The number of hydrogen-bond donors (Lipinski definition) is 0. The van der Waals surface area contributed by atoms with Crippen molar-refractivity contribution in [2.24, 2.45) is 0 Å². The zero-order valence-corrected chi connectivity index (χ0v) is 18.9. The molecule has 3 heterocycles. The second-order valence-electron chi connectivity index (χ2n) is 7.52. The van der Waals surface area contributed by atoms with Crippen LogP contribution < -0.4 is 9.47 Å². The summed E-state index contributed by atoms with van der Waals surface area (Å²) in [5.41, 5.74) is 3.48. The number of allylic oxidation sites excluding steroid dienone is 1. The van der Waals surface area contributed by atoms with Crippen molar-refractivity contribution in [1.29, 1.82) is 0 Å². The lowest BCUT2D eigenvalue weighted by atomic mass is 10.00. The molecule has 1 aromatic heterocycles. The molecule has 0 unspecified atom stereocenters. The van der Waals surface area contributed by atoms with Gasteiger partial charge in [-0.1, -0.05) is 34.1 Å². The van der Waals surface area contributed by atoms with Gasteiger partial charge in [-0.2, -0.15) is 0 Å². The average molecular weight is 482 g/mol. The van der Waals surface area contributed by atoms with Gasteiger partial charge in [0.05, 0.1) is 5.56 Å². The number of rotatable bonds is 4. The van der Waals surface area contributed by atoms with Gasteiger partial charge in [-0.25, -0.2) is 0 Å². The maximum atomic E-state index is 13.0. The Morgan fingerprint density at radius 2 is 2.10 bits per heavy atom. The number of Topliss-reactive ketones (excluding diaryl/α,β-unsaturated/α-hetero) is 1. The van der Waals surface area contributed by atoms with Crippen molar-refractivity contribution in [2.75, 3.05) is 13.3 Å². The van der Waals surface area contributed by atoms with Crippen LogP contribution in [0.25, 0.3) is 6.08 Å². The zero-order valence-electron chi connectivity index (χ0n) is 16.5. The van der Waals surface area contributed by atoms with Gasteiger partial charge >= 0.3 is 0 Å². The highest BCUT2D eigenvalue weighted by Gasteiger charge is 2.33. The molecular formula is C24H20BrNO3S. The van der Waals surface area contributed by atoms with Gasteiger partial charge in [0, 0.05) is 33.6 Å². The molecule has 0 saturated carbocycles. The Kier molecular flexibility index (Phi) is 5.23. The molecule has 30 heavy (non-hydrogen) atoms. The maximum Gasteiger partial charge on any atom is 0.231 e. The number of ketones is 1. The van der Waals surface area contributed by atoms with Gasteiger partial charge in [0.1, 0.15) is 18.2 Å². The summed E-state index contributed by atoms with van der Waals surface area (Å²) in [6, 6.07) is 14.0. The molecule has 3 aromatic rings. The molecule has 2 aromatic carbocycles. The number of thiophene rings is 1. The van der Waals surface area contributed by atoms with Gasteiger partial charge in [-0.15, -0.1) is 11.3 Å². The predicted molar refractivity (Wildman–Crippen MR) is 122 cm³/mol. The first-order chi connectivity index (χ1) is 14.6. The van der Waals surface area contributed by atoms with E-state index < -0.39 is 0 Å². The van der Waals surface area contributed by atoms with E-state index >= 15 is 0 Å². The van der Waals surface area contributed by atoms with Crippen molar-refractivity contribution in [3.63, 3.8) is 0 Å². The van der Waals surface area contributed by atoms with Crippen molar-refractivity contribution < 1.29 is 14.3 Å². The lowest BCUT2D eigenvalue weighted by Gasteiger charge is -2.30. The van der Waals surface area contributed by atoms with Gasteiger partial charge < -0.3 is 9.47 Å². The van der Waals surface area contributed by atoms with Crippen molar-refractivity contribution in [3.05, 3.63) is 85.2 Å². The third-order valence-corrected chi connectivity index (χ3v) is 6.83. The fraction of sp³-hybridized carbons (Fsp3) is 0.208. The largest absolute Gasteiger partial charge is 0.477 e. The van der Waals surface area contributed by atoms with E-state index in [1.165, 1.54) is 4.88 Å². The summed E-state index contributed by atoms with van der Waals surface area (Å²) in [6.45, 7) is 4.21. The van der Waals surface area contributed by atoms with Crippen LogP contribution >= 0.6 is 27.3 Å². The monoisotopic (exact) mass is 481 g/mol. The molecule has 6 heteroatoms. The van der Waals surface area contributed by atoms with E-state index in [1.54, 1.807) is 17.4 Å². The Bertz CT molecular complexity index is 1150. The maximum absolute atomic E-state index is 13.0. The Morgan fingerprint density at radius 1 is 1.20 bits per heavy atom. The fourth-order valence-electron chi connectivity index (χ4n) is 3.91. The minimum atomic E-state index is -0.0772. The summed E-state index contributed by atoms with van der Waals surface area (Å²) in [7, 11) is 0. The van der Waals surface area contributed by atoms with Crippen LogP contribution in [-0.4, -0.2) is 24.0 Å². The van der Waals surface area contributed by atoms with Crippen molar-refractivity contribution >= 4 is 39.1 Å². The van der Waals surface area contributed by atoms with Crippen LogP contribution in [0.3, 0.4) is 0 Å². The SMILES string of the molecule is Cc1c2c(cc3c1O/C(=C\c1cccc(Br)c1)C3=O)CN(CCc1cccs1)CO2. The first kappa shape index (κ1) is 19.5. The second-order valence-corrected chi connectivity index (χ2v) is 9.46. The van der Waals surface area contributed by atoms with Gasteiger partial charge in [0.15, 0.2) is 5.76 Å². The highest BCUT2D eigenvalue weighted by Crippen LogP contribution is 2.43. The highest BCUT2D eigenvalue weighted by atomic mass is 79.9. The van der Waals surface area contributed by atoms with Crippen LogP contribution in [0.15, 0.2) is 58.1 Å². The van der Waals surface area contributed by atoms with Crippen LogP contribution in [0.4, 0.5) is 0 Å². The van der Waals surface area contributed by atoms with Gasteiger partial charge in [-0.3, -0.25) is 9.69 Å². The predicted octanol–water partition coefficient (Wildman–Crippen LogP) is 5.83. The molecular weight excluding hydrogens is 462 g/mol. The standard InChI is InChI=1S/C24H20BrNO3S/c1-15-23-17(13-26(14-28-23)8-7-19-6-3-9-30-19)12-20-22(27)21(29-24(15)20)11-16-4-2-5-18(25)10-16/h2-6,9-12H,7-8,13-14H2,1H3/b21-11-. The topological polar surface area (TPSA) is 38.8 Å². The van der Waals surface area contributed by atoms with Crippen molar-refractivity contribution in [1.82, 2.24) is 4.90 Å². The third kappa shape index (κ3) is 3.71. The van der Waals surface area contributed by atoms with Crippen LogP contribution in [0.2, 0.25) is 0 Å².